The van der Waals surface area contributed by atoms with Crippen LogP contribution < -0.4 is 0 Å². The van der Waals surface area contributed by atoms with E-state index in [1.54, 1.807) is 11.1 Å². The summed E-state index contributed by atoms with van der Waals surface area (Å²) in [7, 11) is 0. The standard InChI is InChI=1S/C14H24.C2H6/c1-6-8-13-9-11(3)12(4)10-14(13,5)7-2;1-2/h9H,6-8,10H2,1-5H3;1-2H3. The molecule has 0 heterocycles. The fourth-order valence-corrected chi connectivity index (χ4v) is 2.39. The van der Waals surface area contributed by atoms with Crippen molar-refractivity contribution in [3.8, 4) is 0 Å². The molecule has 16 heavy (non-hydrogen) atoms. The lowest BCUT2D eigenvalue weighted by molar-refractivity contribution is 0.358. The van der Waals surface area contributed by atoms with Crippen LogP contribution in [0, 0.1) is 5.41 Å². The largest absolute Gasteiger partial charge is 0.0695 e. The molecule has 0 fully saturated rings. The van der Waals surface area contributed by atoms with E-state index in [-0.39, 0.29) is 0 Å². The van der Waals surface area contributed by atoms with Crippen molar-refractivity contribution in [1.29, 1.82) is 0 Å². The molecule has 1 rings (SSSR count). The number of hydrogen-bond acceptors (Lipinski definition) is 0. The molecule has 0 saturated heterocycles. The molecule has 0 nitrogen and oxygen atoms in total. The van der Waals surface area contributed by atoms with E-state index in [0.29, 0.717) is 5.41 Å². The van der Waals surface area contributed by atoms with E-state index in [9.17, 15) is 0 Å². The summed E-state index contributed by atoms with van der Waals surface area (Å²) in [6.45, 7) is 15.5. The molecule has 0 bridgehead atoms. The smallest absolute Gasteiger partial charge is 0.00786 e. The summed E-state index contributed by atoms with van der Waals surface area (Å²) in [5.74, 6) is 0. The maximum Gasteiger partial charge on any atom is -0.00786 e. The first kappa shape index (κ1) is 15.5. The van der Waals surface area contributed by atoms with Gasteiger partial charge in [-0.05, 0) is 38.5 Å². The Morgan fingerprint density at radius 1 is 1.19 bits per heavy atom. The molecule has 0 saturated carbocycles. The van der Waals surface area contributed by atoms with Crippen LogP contribution in [-0.2, 0) is 0 Å². The highest BCUT2D eigenvalue weighted by Gasteiger charge is 2.29. The van der Waals surface area contributed by atoms with Gasteiger partial charge in [-0.2, -0.15) is 0 Å². The van der Waals surface area contributed by atoms with Crippen molar-refractivity contribution in [3.05, 3.63) is 22.8 Å². The Balaban J connectivity index is 0.00000106. The van der Waals surface area contributed by atoms with E-state index in [2.05, 4.69) is 40.7 Å². The molecule has 0 aliphatic heterocycles. The predicted octanol–water partition coefficient (Wildman–Crippen LogP) is 5.90. The topological polar surface area (TPSA) is 0 Å². The van der Waals surface area contributed by atoms with Crippen LogP contribution in [0.15, 0.2) is 22.8 Å². The molecule has 94 valence electrons. The first-order chi connectivity index (χ1) is 7.53. The van der Waals surface area contributed by atoms with Crippen molar-refractivity contribution >= 4 is 0 Å². The first-order valence-corrected chi connectivity index (χ1v) is 6.91. The molecule has 1 aliphatic carbocycles. The molecule has 0 heteroatoms. The van der Waals surface area contributed by atoms with Crippen LogP contribution in [0.4, 0.5) is 0 Å². The van der Waals surface area contributed by atoms with E-state index in [1.165, 1.54) is 31.3 Å². The molecule has 1 unspecified atom stereocenters. The van der Waals surface area contributed by atoms with Gasteiger partial charge in [0.15, 0.2) is 0 Å². The maximum absolute atomic E-state index is 2.44. The van der Waals surface area contributed by atoms with Crippen molar-refractivity contribution in [2.45, 2.75) is 74.1 Å². The fourth-order valence-electron chi connectivity index (χ4n) is 2.39. The molecule has 0 aromatic heterocycles. The molecule has 0 aromatic rings. The quantitative estimate of drug-likeness (QED) is 0.558. The Hall–Kier alpha value is -0.520. The lowest BCUT2D eigenvalue weighted by atomic mass is 9.69. The van der Waals surface area contributed by atoms with Crippen LogP contribution in [-0.4, -0.2) is 0 Å². The van der Waals surface area contributed by atoms with Gasteiger partial charge in [0, 0.05) is 0 Å². The number of allylic oxidation sites excluding steroid dienone is 4. The van der Waals surface area contributed by atoms with Crippen LogP contribution in [0.5, 0.6) is 0 Å². The van der Waals surface area contributed by atoms with Crippen LogP contribution >= 0.6 is 0 Å². The second-order valence-electron chi connectivity index (χ2n) is 4.97. The Morgan fingerprint density at radius 2 is 1.75 bits per heavy atom. The van der Waals surface area contributed by atoms with Gasteiger partial charge in [0.2, 0.25) is 0 Å². The fraction of sp³-hybridized carbons (Fsp3) is 0.750. The van der Waals surface area contributed by atoms with Gasteiger partial charge in [-0.15, -0.1) is 0 Å². The lowest BCUT2D eigenvalue weighted by Crippen LogP contribution is -2.22. The minimum Gasteiger partial charge on any atom is -0.0695 e. The number of hydrogen-bond donors (Lipinski definition) is 0. The monoisotopic (exact) mass is 222 g/mol. The summed E-state index contributed by atoms with van der Waals surface area (Å²) in [4.78, 5) is 0. The molecular weight excluding hydrogens is 192 g/mol. The Kier molecular flexibility index (Phi) is 6.71. The zero-order valence-electron chi connectivity index (χ0n) is 12.4. The third-order valence-electron chi connectivity index (χ3n) is 3.79. The van der Waals surface area contributed by atoms with Gasteiger partial charge in [-0.1, -0.05) is 63.8 Å². The highest BCUT2D eigenvalue weighted by Crippen LogP contribution is 2.43. The van der Waals surface area contributed by atoms with E-state index in [4.69, 9.17) is 0 Å². The van der Waals surface area contributed by atoms with Crippen molar-refractivity contribution in [1.82, 2.24) is 0 Å². The van der Waals surface area contributed by atoms with Gasteiger partial charge in [0.25, 0.3) is 0 Å². The Labute approximate surface area is 103 Å². The third kappa shape index (κ3) is 3.50. The molecule has 0 amide bonds. The van der Waals surface area contributed by atoms with Gasteiger partial charge in [0.1, 0.15) is 0 Å². The minimum atomic E-state index is 0.444. The van der Waals surface area contributed by atoms with Crippen LogP contribution in [0.3, 0.4) is 0 Å². The maximum atomic E-state index is 2.44. The molecule has 0 aromatic carbocycles. The van der Waals surface area contributed by atoms with Gasteiger partial charge in [-0.3, -0.25) is 0 Å². The lowest BCUT2D eigenvalue weighted by Gasteiger charge is -2.36. The second kappa shape index (κ2) is 6.93. The highest BCUT2D eigenvalue weighted by molar-refractivity contribution is 5.35. The van der Waals surface area contributed by atoms with E-state index >= 15 is 0 Å². The molecule has 1 atom stereocenters. The third-order valence-corrected chi connectivity index (χ3v) is 3.79. The van der Waals surface area contributed by atoms with Crippen molar-refractivity contribution < 1.29 is 0 Å². The predicted molar refractivity (Wildman–Crippen MR) is 75.7 cm³/mol. The zero-order valence-corrected chi connectivity index (χ0v) is 12.4. The van der Waals surface area contributed by atoms with E-state index in [1.807, 2.05) is 13.8 Å². The van der Waals surface area contributed by atoms with Gasteiger partial charge in [-0.25, -0.2) is 0 Å². The van der Waals surface area contributed by atoms with Gasteiger partial charge < -0.3 is 0 Å². The van der Waals surface area contributed by atoms with E-state index < -0.39 is 0 Å². The highest BCUT2D eigenvalue weighted by atomic mass is 14.3. The SMILES string of the molecule is CC.CCCC1=CC(C)=C(C)CC1(C)CC. The summed E-state index contributed by atoms with van der Waals surface area (Å²) in [6, 6.07) is 0. The van der Waals surface area contributed by atoms with Crippen LogP contribution in [0.2, 0.25) is 0 Å². The molecule has 1 aliphatic rings. The Bertz CT molecular complexity index is 268. The summed E-state index contributed by atoms with van der Waals surface area (Å²) >= 11 is 0. The normalized spacial score (nSPS) is 24.8. The second-order valence-corrected chi connectivity index (χ2v) is 4.97. The van der Waals surface area contributed by atoms with E-state index in [0.717, 1.165) is 0 Å². The summed E-state index contributed by atoms with van der Waals surface area (Å²) in [6.07, 6.45) is 7.51. The molecule has 0 spiro atoms. The summed E-state index contributed by atoms with van der Waals surface area (Å²) < 4.78 is 0. The molecular formula is C16H30. The average Bonchev–Trinajstić information content (AvgIpc) is 2.29. The van der Waals surface area contributed by atoms with Crippen molar-refractivity contribution in [2.75, 3.05) is 0 Å². The van der Waals surface area contributed by atoms with Crippen molar-refractivity contribution in [3.63, 3.8) is 0 Å². The Morgan fingerprint density at radius 3 is 2.19 bits per heavy atom. The van der Waals surface area contributed by atoms with Crippen molar-refractivity contribution in [2.24, 2.45) is 5.41 Å². The summed E-state index contributed by atoms with van der Waals surface area (Å²) in [5, 5.41) is 0. The first-order valence-electron chi connectivity index (χ1n) is 6.91. The van der Waals surface area contributed by atoms with Crippen LogP contribution in [0.25, 0.3) is 0 Å². The van der Waals surface area contributed by atoms with Gasteiger partial charge >= 0.3 is 0 Å². The minimum absolute atomic E-state index is 0.444. The zero-order chi connectivity index (χ0) is 12.8. The number of rotatable bonds is 3. The molecule has 0 N–H and O–H groups in total. The van der Waals surface area contributed by atoms with Gasteiger partial charge in [0.05, 0.1) is 0 Å². The average molecular weight is 222 g/mol. The van der Waals surface area contributed by atoms with Crippen LogP contribution in [0.1, 0.15) is 74.1 Å². The summed E-state index contributed by atoms with van der Waals surface area (Å²) in [5.41, 5.74) is 5.19. The molecule has 0 radical (unpaired) electrons.